The van der Waals surface area contributed by atoms with Crippen LogP contribution in [0.4, 0.5) is 5.69 Å². The number of aliphatic carboxylic acids is 1. The molecule has 128 valence electrons. The maximum atomic E-state index is 12.8. The highest BCUT2D eigenvalue weighted by atomic mass is 35.5. The number of carbonyl (C=O) groups is 1. The van der Waals surface area contributed by atoms with E-state index in [0.29, 0.717) is 17.4 Å². The molecule has 24 heavy (non-hydrogen) atoms. The molecule has 6 nitrogen and oxygen atoms in total. The SMILES string of the molecule is CCOc1cccc(N(CC(=O)O)S(=O)(=O)c2ccc(Cl)cc2)c1. The molecular formula is C16H16ClNO5S. The number of benzene rings is 2. The van der Waals surface area contributed by atoms with Crippen LogP contribution in [0.3, 0.4) is 0 Å². The highest BCUT2D eigenvalue weighted by molar-refractivity contribution is 7.92. The Labute approximate surface area is 145 Å². The van der Waals surface area contributed by atoms with Gasteiger partial charge >= 0.3 is 5.97 Å². The van der Waals surface area contributed by atoms with Gasteiger partial charge in [0, 0.05) is 11.1 Å². The zero-order valence-corrected chi connectivity index (χ0v) is 14.4. The first kappa shape index (κ1) is 18.1. The van der Waals surface area contributed by atoms with Crippen molar-refractivity contribution in [3.05, 3.63) is 53.6 Å². The van der Waals surface area contributed by atoms with Crippen LogP contribution < -0.4 is 9.04 Å². The third-order valence-electron chi connectivity index (χ3n) is 3.10. The molecule has 0 unspecified atom stereocenters. The Kier molecular flexibility index (Phi) is 5.69. The van der Waals surface area contributed by atoms with Gasteiger partial charge in [-0.2, -0.15) is 0 Å². The quantitative estimate of drug-likeness (QED) is 0.811. The Morgan fingerprint density at radius 2 is 1.88 bits per heavy atom. The molecule has 0 bridgehead atoms. The Hall–Kier alpha value is -2.25. The van der Waals surface area contributed by atoms with Crippen molar-refractivity contribution in [2.24, 2.45) is 0 Å². The van der Waals surface area contributed by atoms with Crippen molar-refractivity contribution in [1.82, 2.24) is 0 Å². The van der Waals surface area contributed by atoms with Gasteiger partial charge in [0.05, 0.1) is 17.2 Å². The highest BCUT2D eigenvalue weighted by Gasteiger charge is 2.27. The van der Waals surface area contributed by atoms with Crippen molar-refractivity contribution >= 4 is 33.3 Å². The van der Waals surface area contributed by atoms with E-state index in [4.69, 9.17) is 21.4 Å². The molecule has 2 rings (SSSR count). The van der Waals surface area contributed by atoms with Gasteiger partial charge in [0.1, 0.15) is 12.3 Å². The lowest BCUT2D eigenvalue weighted by atomic mass is 10.3. The molecule has 0 atom stereocenters. The first-order valence-electron chi connectivity index (χ1n) is 7.07. The minimum Gasteiger partial charge on any atom is -0.494 e. The average molecular weight is 370 g/mol. The standard InChI is InChI=1S/C16H16ClNO5S/c1-2-23-14-5-3-4-13(10-14)18(11-16(19)20)24(21,22)15-8-6-12(17)7-9-15/h3-10H,2,11H2,1H3,(H,19,20). The molecule has 0 aromatic heterocycles. The number of carboxylic acids is 1. The van der Waals surface area contributed by atoms with Gasteiger partial charge in [-0.25, -0.2) is 8.42 Å². The second kappa shape index (κ2) is 7.55. The molecule has 2 aromatic carbocycles. The van der Waals surface area contributed by atoms with E-state index in [1.807, 2.05) is 0 Å². The largest absolute Gasteiger partial charge is 0.494 e. The fourth-order valence-electron chi connectivity index (χ4n) is 2.07. The van der Waals surface area contributed by atoms with Gasteiger partial charge < -0.3 is 9.84 Å². The van der Waals surface area contributed by atoms with E-state index in [1.54, 1.807) is 19.1 Å². The van der Waals surface area contributed by atoms with Gasteiger partial charge in [0.25, 0.3) is 10.0 Å². The number of hydrogen-bond acceptors (Lipinski definition) is 4. The van der Waals surface area contributed by atoms with Crippen LogP contribution in [0.2, 0.25) is 5.02 Å². The van der Waals surface area contributed by atoms with Crippen LogP contribution in [0.25, 0.3) is 0 Å². The molecule has 8 heteroatoms. The molecule has 0 saturated heterocycles. The lowest BCUT2D eigenvalue weighted by Crippen LogP contribution is -2.35. The van der Waals surface area contributed by atoms with Crippen molar-refractivity contribution in [2.45, 2.75) is 11.8 Å². The Morgan fingerprint density at radius 1 is 1.21 bits per heavy atom. The van der Waals surface area contributed by atoms with Crippen molar-refractivity contribution in [3.63, 3.8) is 0 Å². The number of rotatable bonds is 7. The summed E-state index contributed by atoms with van der Waals surface area (Å²) in [6, 6.07) is 11.8. The number of anilines is 1. The number of halogens is 1. The van der Waals surface area contributed by atoms with E-state index in [9.17, 15) is 13.2 Å². The van der Waals surface area contributed by atoms with Crippen LogP contribution in [0.15, 0.2) is 53.4 Å². The van der Waals surface area contributed by atoms with Gasteiger partial charge in [0.15, 0.2) is 0 Å². The lowest BCUT2D eigenvalue weighted by molar-refractivity contribution is -0.135. The summed E-state index contributed by atoms with van der Waals surface area (Å²) in [5, 5.41) is 9.50. The number of hydrogen-bond donors (Lipinski definition) is 1. The molecule has 0 saturated carbocycles. The summed E-state index contributed by atoms with van der Waals surface area (Å²) in [7, 11) is -4.06. The van der Waals surface area contributed by atoms with E-state index in [1.165, 1.54) is 36.4 Å². The second-order valence-electron chi connectivity index (χ2n) is 4.79. The summed E-state index contributed by atoms with van der Waals surface area (Å²) in [6.45, 7) is 1.50. The van der Waals surface area contributed by atoms with Crippen molar-refractivity contribution in [2.75, 3.05) is 17.5 Å². The molecule has 1 N–H and O–H groups in total. The molecule has 0 aliphatic rings. The summed E-state index contributed by atoms with van der Waals surface area (Å²) < 4.78 is 31.8. The fraction of sp³-hybridized carbons (Fsp3) is 0.188. The van der Waals surface area contributed by atoms with Crippen molar-refractivity contribution in [3.8, 4) is 5.75 Å². The lowest BCUT2D eigenvalue weighted by Gasteiger charge is -2.23. The van der Waals surface area contributed by atoms with Gasteiger partial charge in [-0.05, 0) is 43.3 Å². The number of nitrogens with zero attached hydrogens (tertiary/aromatic N) is 1. The molecular weight excluding hydrogens is 354 g/mol. The van der Waals surface area contributed by atoms with Crippen LogP contribution >= 0.6 is 11.6 Å². The fourth-order valence-corrected chi connectivity index (χ4v) is 3.60. The van der Waals surface area contributed by atoms with Gasteiger partial charge in [0.2, 0.25) is 0 Å². The molecule has 0 aliphatic carbocycles. The van der Waals surface area contributed by atoms with E-state index < -0.39 is 22.5 Å². The molecule has 0 radical (unpaired) electrons. The maximum Gasteiger partial charge on any atom is 0.324 e. The predicted molar refractivity (Wildman–Crippen MR) is 91.2 cm³/mol. The van der Waals surface area contributed by atoms with Crippen LogP contribution in [0.1, 0.15) is 6.92 Å². The average Bonchev–Trinajstić information content (AvgIpc) is 2.53. The van der Waals surface area contributed by atoms with Crippen LogP contribution in [-0.2, 0) is 14.8 Å². The Balaban J connectivity index is 2.50. The van der Waals surface area contributed by atoms with Crippen LogP contribution in [0, 0.1) is 0 Å². The smallest absolute Gasteiger partial charge is 0.324 e. The minimum absolute atomic E-state index is 0.0463. The van der Waals surface area contributed by atoms with Gasteiger partial charge in [-0.3, -0.25) is 9.10 Å². The monoisotopic (exact) mass is 369 g/mol. The summed E-state index contributed by atoms with van der Waals surface area (Å²) in [5.41, 5.74) is 0.207. The number of sulfonamides is 1. The van der Waals surface area contributed by atoms with E-state index in [0.717, 1.165) is 4.31 Å². The Morgan fingerprint density at radius 3 is 2.46 bits per heavy atom. The third kappa shape index (κ3) is 4.18. The maximum absolute atomic E-state index is 12.8. The topological polar surface area (TPSA) is 83.9 Å². The first-order valence-corrected chi connectivity index (χ1v) is 8.89. The first-order chi connectivity index (χ1) is 11.3. The van der Waals surface area contributed by atoms with Crippen molar-refractivity contribution < 1.29 is 23.1 Å². The molecule has 0 spiro atoms. The van der Waals surface area contributed by atoms with Crippen molar-refractivity contribution in [1.29, 1.82) is 0 Å². The summed E-state index contributed by atoms with van der Waals surface area (Å²) in [6.07, 6.45) is 0. The molecule has 0 aliphatic heterocycles. The van der Waals surface area contributed by atoms with Gasteiger partial charge in [-0.1, -0.05) is 17.7 Å². The van der Waals surface area contributed by atoms with Crippen LogP contribution in [-0.4, -0.2) is 32.6 Å². The summed E-state index contributed by atoms with van der Waals surface area (Å²) in [5.74, 6) is -0.814. The van der Waals surface area contributed by atoms with Gasteiger partial charge in [-0.15, -0.1) is 0 Å². The zero-order chi connectivity index (χ0) is 17.7. The normalized spacial score (nSPS) is 11.1. The van der Waals surface area contributed by atoms with E-state index >= 15 is 0 Å². The number of carboxylic acid groups (broad SMARTS) is 1. The molecule has 2 aromatic rings. The summed E-state index contributed by atoms with van der Waals surface area (Å²) >= 11 is 5.78. The highest BCUT2D eigenvalue weighted by Crippen LogP contribution is 2.27. The number of ether oxygens (including phenoxy) is 1. The second-order valence-corrected chi connectivity index (χ2v) is 7.09. The Bertz CT molecular complexity index is 821. The summed E-state index contributed by atoms with van der Waals surface area (Å²) in [4.78, 5) is 11.1. The molecule has 0 heterocycles. The van der Waals surface area contributed by atoms with E-state index in [2.05, 4.69) is 0 Å². The zero-order valence-electron chi connectivity index (χ0n) is 12.8. The molecule has 0 fully saturated rings. The molecule has 0 amide bonds. The minimum atomic E-state index is -4.06. The third-order valence-corrected chi connectivity index (χ3v) is 5.14. The van der Waals surface area contributed by atoms with Crippen LogP contribution in [0.5, 0.6) is 5.75 Å². The predicted octanol–water partition coefficient (Wildman–Crippen LogP) is 3.02. The van der Waals surface area contributed by atoms with E-state index in [-0.39, 0.29) is 10.6 Å².